The molecule has 0 atom stereocenters. The van der Waals surface area contributed by atoms with Crippen LogP contribution in [0.25, 0.3) is 0 Å². The van der Waals surface area contributed by atoms with Crippen molar-refractivity contribution in [2.24, 2.45) is 0 Å². The van der Waals surface area contributed by atoms with E-state index in [2.05, 4.69) is 20.2 Å². The fourth-order valence-electron chi connectivity index (χ4n) is 2.52. The molecule has 0 saturated carbocycles. The lowest BCUT2D eigenvalue weighted by Crippen LogP contribution is -2.48. The van der Waals surface area contributed by atoms with Crippen LogP contribution in [-0.4, -0.2) is 47.0 Å². The number of nitrogens with one attached hydrogen (secondary N) is 1. The summed E-state index contributed by atoms with van der Waals surface area (Å²) in [6.07, 6.45) is 1.69. The molecule has 6 nitrogen and oxygen atoms in total. The maximum absolute atomic E-state index is 11.4. The number of benzene rings is 1. The number of carbonyl (C=O) groups is 1. The zero-order chi connectivity index (χ0) is 17.1. The maximum atomic E-state index is 11.4. The number of anilines is 3. The Hall–Kier alpha value is -2.05. The fraction of sp³-hybridized carbons (Fsp3) is 0.312. The van der Waals surface area contributed by atoms with E-state index in [-0.39, 0.29) is 5.91 Å². The number of halogens is 2. The van der Waals surface area contributed by atoms with Gasteiger partial charge in [0, 0.05) is 44.3 Å². The molecule has 0 aliphatic carbocycles. The lowest BCUT2D eigenvalue weighted by atomic mass is 10.3. The maximum Gasteiger partial charge on any atom is 0.227 e. The summed E-state index contributed by atoms with van der Waals surface area (Å²) in [5, 5.41) is 4.32. The van der Waals surface area contributed by atoms with Crippen molar-refractivity contribution in [3.05, 3.63) is 40.5 Å². The summed E-state index contributed by atoms with van der Waals surface area (Å²) in [5.74, 6) is 1.36. The van der Waals surface area contributed by atoms with Gasteiger partial charge in [-0.3, -0.25) is 4.79 Å². The van der Waals surface area contributed by atoms with Crippen LogP contribution in [0.3, 0.4) is 0 Å². The molecule has 2 aromatic rings. The summed E-state index contributed by atoms with van der Waals surface area (Å²) in [4.78, 5) is 24.1. The Morgan fingerprint density at radius 1 is 1.17 bits per heavy atom. The third-order valence-electron chi connectivity index (χ3n) is 3.84. The smallest absolute Gasteiger partial charge is 0.227 e. The van der Waals surface area contributed by atoms with E-state index in [0.29, 0.717) is 53.7 Å². The van der Waals surface area contributed by atoms with E-state index in [0.717, 1.165) is 0 Å². The Labute approximate surface area is 150 Å². The zero-order valence-corrected chi connectivity index (χ0v) is 14.7. The summed E-state index contributed by atoms with van der Waals surface area (Å²) in [7, 11) is 0. The van der Waals surface area contributed by atoms with E-state index in [1.54, 1.807) is 37.4 Å². The first kappa shape index (κ1) is 16.8. The quantitative estimate of drug-likeness (QED) is 0.904. The molecule has 2 heterocycles. The average molecular weight is 366 g/mol. The van der Waals surface area contributed by atoms with Gasteiger partial charge < -0.3 is 15.1 Å². The van der Waals surface area contributed by atoms with Gasteiger partial charge in [0.1, 0.15) is 5.82 Å². The summed E-state index contributed by atoms with van der Waals surface area (Å²) < 4.78 is 0. The van der Waals surface area contributed by atoms with E-state index in [1.165, 1.54) is 0 Å². The van der Waals surface area contributed by atoms with Gasteiger partial charge in [-0.15, -0.1) is 0 Å². The molecule has 1 aliphatic rings. The molecule has 0 bridgehead atoms. The van der Waals surface area contributed by atoms with Gasteiger partial charge >= 0.3 is 0 Å². The Morgan fingerprint density at radius 3 is 2.62 bits per heavy atom. The van der Waals surface area contributed by atoms with E-state index in [9.17, 15) is 4.79 Å². The molecule has 8 heteroatoms. The Balaban J connectivity index is 1.73. The predicted octanol–water partition coefficient (Wildman–Crippen LogP) is 3.20. The zero-order valence-electron chi connectivity index (χ0n) is 13.2. The van der Waals surface area contributed by atoms with E-state index in [1.807, 2.05) is 4.90 Å². The third-order valence-corrected chi connectivity index (χ3v) is 4.41. The van der Waals surface area contributed by atoms with Crippen LogP contribution < -0.4 is 10.2 Å². The van der Waals surface area contributed by atoms with E-state index >= 15 is 0 Å². The lowest BCUT2D eigenvalue weighted by Gasteiger charge is -2.34. The number of hydrogen-bond acceptors (Lipinski definition) is 5. The van der Waals surface area contributed by atoms with E-state index < -0.39 is 0 Å². The molecule has 3 rings (SSSR count). The molecule has 24 heavy (non-hydrogen) atoms. The van der Waals surface area contributed by atoms with Crippen LogP contribution in [0.5, 0.6) is 0 Å². The number of aromatic nitrogens is 2. The summed E-state index contributed by atoms with van der Waals surface area (Å²) in [6, 6.07) is 6.98. The molecule has 0 spiro atoms. The molecule has 1 amide bonds. The lowest BCUT2D eigenvalue weighted by molar-refractivity contribution is -0.129. The van der Waals surface area contributed by atoms with E-state index in [4.69, 9.17) is 23.2 Å². The molecule has 1 fully saturated rings. The van der Waals surface area contributed by atoms with Crippen molar-refractivity contribution in [1.82, 2.24) is 14.9 Å². The third kappa shape index (κ3) is 3.88. The van der Waals surface area contributed by atoms with Crippen molar-refractivity contribution >= 4 is 46.6 Å². The van der Waals surface area contributed by atoms with Crippen molar-refractivity contribution in [3.63, 3.8) is 0 Å². The molecule has 1 aromatic carbocycles. The van der Waals surface area contributed by atoms with Gasteiger partial charge in [0.05, 0.1) is 10.7 Å². The molecule has 1 saturated heterocycles. The normalized spacial score (nSPS) is 14.6. The molecule has 126 valence electrons. The van der Waals surface area contributed by atoms with Crippen LogP contribution in [0.1, 0.15) is 6.92 Å². The van der Waals surface area contributed by atoms with Gasteiger partial charge in [-0.2, -0.15) is 4.98 Å². The highest BCUT2D eigenvalue weighted by Crippen LogP contribution is 2.28. The fourth-order valence-corrected chi connectivity index (χ4v) is 2.86. The van der Waals surface area contributed by atoms with Crippen LogP contribution >= 0.6 is 23.2 Å². The van der Waals surface area contributed by atoms with Crippen molar-refractivity contribution in [2.45, 2.75) is 6.92 Å². The van der Waals surface area contributed by atoms with Crippen LogP contribution in [0, 0.1) is 0 Å². The first-order chi connectivity index (χ1) is 11.5. The molecule has 1 N–H and O–H groups in total. The van der Waals surface area contributed by atoms with Crippen LogP contribution in [0.4, 0.5) is 17.5 Å². The molecular weight excluding hydrogens is 349 g/mol. The number of rotatable bonds is 3. The highest BCUT2D eigenvalue weighted by Gasteiger charge is 2.20. The summed E-state index contributed by atoms with van der Waals surface area (Å²) >= 11 is 12.2. The van der Waals surface area contributed by atoms with Gasteiger partial charge in [0.2, 0.25) is 11.9 Å². The highest BCUT2D eigenvalue weighted by molar-refractivity contribution is 6.35. The summed E-state index contributed by atoms with van der Waals surface area (Å²) in [6.45, 7) is 4.36. The van der Waals surface area contributed by atoms with Crippen molar-refractivity contribution in [2.75, 3.05) is 36.4 Å². The van der Waals surface area contributed by atoms with Crippen LogP contribution in [0.2, 0.25) is 10.0 Å². The molecule has 1 aromatic heterocycles. The second-order valence-corrected chi connectivity index (χ2v) is 6.33. The minimum atomic E-state index is 0.0987. The van der Waals surface area contributed by atoms with Crippen LogP contribution in [-0.2, 0) is 4.79 Å². The molecule has 1 aliphatic heterocycles. The Kier molecular flexibility index (Phi) is 5.06. The Bertz CT molecular complexity index is 747. The number of hydrogen-bond donors (Lipinski definition) is 1. The van der Waals surface area contributed by atoms with Gasteiger partial charge in [-0.1, -0.05) is 23.2 Å². The molecule has 0 unspecified atom stereocenters. The minimum absolute atomic E-state index is 0.0987. The predicted molar refractivity (Wildman–Crippen MR) is 96.2 cm³/mol. The Morgan fingerprint density at radius 2 is 1.92 bits per heavy atom. The van der Waals surface area contributed by atoms with Gasteiger partial charge in [-0.25, -0.2) is 4.98 Å². The second kappa shape index (κ2) is 7.23. The molecular formula is C16H17Cl2N5O. The average Bonchev–Trinajstić information content (AvgIpc) is 2.58. The SMILES string of the molecule is CC(=O)N1CCN(c2nccc(Nc3cc(Cl)ccc3Cl)n2)CC1. The first-order valence-corrected chi connectivity index (χ1v) is 8.34. The van der Waals surface area contributed by atoms with Crippen molar-refractivity contribution < 1.29 is 4.79 Å². The topological polar surface area (TPSA) is 61.4 Å². The largest absolute Gasteiger partial charge is 0.339 e. The number of amides is 1. The van der Waals surface area contributed by atoms with Gasteiger partial charge in [-0.05, 0) is 24.3 Å². The van der Waals surface area contributed by atoms with Crippen LogP contribution in [0.15, 0.2) is 30.5 Å². The standard InChI is InChI=1S/C16H17Cl2N5O/c1-11(24)22-6-8-23(9-7-22)16-19-5-4-15(21-16)20-14-10-12(17)2-3-13(14)18/h2-5,10H,6-9H2,1H3,(H,19,20,21). The number of nitrogens with zero attached hydrogens (tertiary/aromatic N) is 4. The molecule has 0 radical (unpaired) electrons. The number of piperazine rings is 1. The number of carbonyl (C=O) groups excluding carboxylic acids is 1. The van der Waals surface area contributed by atoms with Gasteiger partial charge in [0.15, 0.2) is 0 Å². The monoisotopic (exact) mass is 365 g/mol. The van der Waals surface area contributed by atoms with Gasteiger partial charge in [0.25, 0.3) is 0 Å². The first-order valence-electron chi connectivity index (χ1n) is 7.58. The highest BCUT2D eigenvalue weighted by atomic mass is 35.5. The second-order valence-electron chi connectivity index (χ2n) is 5.48. The van der Waals surface area contributed by atoms with Crippen molar-refractivity contribution in [1.29, 1.82) is 0 Å². The summed E-state index contributed by atoms with van der Waals surface area (Å²) in [5.41, 5.74) is 0.690. The minimum Gasteiger partial charge on any atom is -0.339 e. The van der Waals surface area contributed by atoms with Crippen molar-refractivity contribution in [3.8, 4) is 0 Å².